The maximum atomic E-state index is 13.1. The van der Waals surface area contributed by atoms with E-state index in [1.807, 2.05) is 0 Å². The summed E-state index contributed by atoms with van der Waals surface area (Å²) in [5.41, 5.74) is 1.13. The Kier molecular flexibility index (Phi) is 3.89. The standard InChI is InChI=1S/C17H11F2NO3/c18-12-4-1-10(7-13(12)19)2-5-15(21)11-3-6-16-14(8-11)20-17(22)9-23-16/h1-8H,9H2,(H,20,22). The van der Waals surface area contributed by atoms with Gasteiger partial charge in [0.1, 0.15) is 5.75 Å². The predicted molar refractivity (Wildman–Crippen MR) is 80.3 cm³/mol. The number of halogens is 2. The number of fused-ring (bicyclic) bond motifs is 1. The summed E-state index contributed by atoms with van der Waals surface area (Å²) in [7, 11) is 0. The van der Waals surface area contributed by atoms with Crippen LogP contribution in [0.1, 0.15) is 15.9 Å². The first kappa shape index (κ1) is 14.9. The van der Waals surface area contributed by atoms with Crippen LogP contribution in [0, 0.1) is 11.6 Å². The Morgan fingerprint density at radius 2 is 1.96 bits per heavy atom. The Hall–Kier alpha value is -3.02. The molecule has 3 rings (SSSR count). The second-order valence-corrected chi connectivity index (χ2v) is 4.92. The number of rotatable bonds is 3. The van der Waals surface area contributed by atoms with E-state index >= 15 is 0 Å². The van der Waals surface area contributed by atoms with Gasteiger partial charge in [0.2, 0.25) is 0 Å². The van der Waals surface area contributed by atoms with Gasteiger partial charge < -0.3 is 10.1 Å². The van der Waals surface area contributed by atoms with E-state index in [2.05, 4.69) is 5.32 Å². The summed E-state index contributed by atoms with van der Waals surface area (Å²) < 4.78 is 31.2. The number of carbonyl (C=O) groups excluding carboxylic acids is 2. The summed E-state index contributed by atoms with van der Waals surface area (Å²) >= 11 is 0. The third-order valence-corrected chi connectivity index (χ3v) is 3.27. The number of ketones is 1. The average Bonchev–Trinajstić information content (AvgIpc) is 2.55. The van der Waals surface area contributed by atoms with Crippen LogP contribution in [-0.4, -0.2) is 18.3 Å². The lowest BCUT2D eigenvalue weighted by Gasteiger charge is -2.17. The number of carbonyl (C=O) groups is 2. The van der Waals surface area contributed by atoms with E-state index in [0.717, 1.165) is 12.1 Å². The van der Waals surface area contributed by atoms with Crippen molar-refractivity contribution in [2.24, 2.45) is 0 Å². The van der Waals surface area contributed by atoms with Gasteiger partial charge in [-0.1, -0.05) is 12.1 Å². The molecule has 6 heteroatoms. The van der Waals surface area contributed by atoms with Gasteiger partial charge in [-0.15, -0.1) is 0 Å². The second-order valence-electron chi connectivity index (χ2n) is 4.92. The van der Waals surface area contributed by atoms with Crippen molar-refractivity contribution in [3.8, 4) is 5.75 Å². The minimum atomic E-state index is -0.978. The number of ether oxygens (including phenoxy) is 1. The molecule has 1 aliphatic rings. The minimum Gasteiger partial charge on any atom is -0.482 e. The van der Waals surface area contributed by atoms with E-state index in [9.17, 15) is 18.4 Å². The van der Waals surface area contributed by atoms with Crippen LogP contribution in [-0.2, 0) is 4.79 Å². The summed E-state index contributed by atoms with van der Waals surface area (Å²) in [6.45, 7) is -0.0592. The van der Waals surface area contributed by atoms with Crippen molar-refractivity contribution in [3.63, 3.8) is 0 Å². The molecule has 0 spiro atoms. The number of hydrogen-bond donors (Lipinski definition) is 1. The lowest BCUT2D eigenvalue weighted by molar-refractivity contribution is -0.118. The molecule has 4 nitrogen and oxygen atoms in total. The maximum absolute atomic E-state index is 13.1. The van der Waals surface area contributed by atoms with Crippen molar-refractivity contribution in [3.05, 3.63) is 65.2 Å². The smallest absolute Gasteiger partial charge is 0.262 e. The topological polar surface area (TPSA) is 55.4 Å². The fraction of sp³-hybridized carbons (Fsp3) is 0.0588. The molecule has 0 aliphatic carbocycles. The van der Waals surface area contributed by atoms with Gasteiger partial charge in [-0.3, -0.25) is 9.59 Å². The number of benzene rings is 2. The molecule has 1 N–H and O–H groups in total. The van der Waals surface area contributed by atoms with Crippen molar-refractivity contribution in [2.45, 2.75) is 0 Å². The molecule has 1 amide bonds. The Bertz CT molecular complexity index is 831. The Morgan fingerprint density at radius 1 is 1.13 bits per heavy atom. The van der Waals surface area contributed by atoms with Gasteiger partial charge in [-0.05, 0) is 42.0 Å². The van der Waals surface area contributed by atoms with Gasteiger partial charge in [-0.25, -0.2) is 8.78 Å². The van der Waals surface area contributed by atoms with Crippen molar-refractivity contribution in [2.75, 3.05) is 11.9 Å². The number of hydrogen-bond acceptors (Lipinski definition) is 3. The lowest BCUT2D eigenvalue weighted by atomic mass is 10.1. The first-order chi connectivity index (χ1) is 11.0. The average molecular weight is 315 g/mol. The molecule has 0 atom stereocenters. The third-order valence-electron chi connectivity index (χ3n) is 3.27. The summed E-state index contributed by atoms with van der Waals surface area (Å²) in [6, 6.07) is 8.01. The van der Waals surface area contributed by atoms with E-state index in [1.165, 1.54) is 24.3 Å². The first-order valence-corrected chi connectivity index (χ1v) is 6.77. The molecule has 0 saturated carbocycles. The van der Waals surface area contributed by atoms with Gasteiger partial charge in [0.25, 0.3) is 5.91 Å². The van der Waals surface area contributed by atoms with Crippen LogP contribution in [0.15, 0.2) is 42.5 Å². The van der Waals surface area contributed by atoms with Crippen molar-refractivity contribution < 1.29 is 23.1 Å². The molecule has 0 aromatic heterocycles. The number of nitrogens with one attached hydrogen (secondary N) is 1. The molecular formula is C17H11F2NO3. The zero-order valence-corrected chi connectivity index (χ0v) is 11.8. The van der Waals surface area contributed by atoms with Gasteiger partial charge in [0.15, 0.2) is 24.0 Å². The highest BCUT2D eigenvalue weighted by atomic mass is 19.2. The molecule has 2 aromatic rings. The van der Waals surface area contributed by atoms with E-state index in [-0.39, 0.29) is 18.3 Å². The SMILES string of the molecule is O=C1COc2ccc(C(=O)C=Cc3ccc(F)c(F)c3)cc2N1. The van der Waals surface area contributed by atoms with E-state index < -0.39 is 11.6 Å². The zero-order valence-electron chi connectivity index (χ0n) is 11.8. The lowest BCUT2D eigenvalue weighted by Crippen LogP contribution is -2.25. The molecule has 0 radical (unpaired) electrons. The molecule has 1 heterocycles. The van der Waals surface area contributed by atoms with E-state index in [1.54, 1.807) is 12.1 Å². The van der Waals surface area contributed by atoms with Crippen molar-refractivity contribution >= 4 is 23.5 Å². The molecular weight excluding hydrogens is 304 g/mol. The molecule has 0 saturated heterocycles. The van der Waals surface area contributed by atoms with Gasteiger partial charge >= 0.3 is 0 Å². The van der Waals surface area contributed by atoms with Crippen molar-refractivity contribution in [1.82, 2.24) is 0 Å². The predicted octanol–water partition coefficient (Wildman–Crippen LogP) is 3.19. The second kappa shape index (κ2) is 6.00. The molecule has 0 unspecified atom stereocenters. The van der Waals surface area contributed by atoms with Crippen LogP contribution in [0.2, 0.25) is 0 Å². The Labute approximate surface area is 130 Å². The highest BCUT2D eigenvalue weighted by molar-refractivity contribution is 6.08. The monoisotopic (exact) mass is 315 g/mol. The maximum Gasteiger partial charge on any atom is 0.262 e. The van der Waals surface area contributed by atoms with E-state index in [4.69, 9.17) is 4.74 Å². The van der Waals surface area contributed by atoms with Crippen LogP contribution in [0.4, 0.5) is 14.5 Å². The summed E-state index contributed by atoms with van der Waals surface area (Å²) in [5.74, 6) is -2.06. The fourth-order valence-corrected chi connectivity index (χ4v) is 2.12. The highest BCUT2D eigenvalue weighted by Gasteiger charge is 2.17. The van der Waals surface area contributed by atoms with Crippen LogP contribution in [0.5, 0.6) is 5.75 Å². The molecule has 0 bridgehead atoms. The summed E-state index contributed by atoms with van der Waals surface area (Å²) in [5, 5.41) is 2.61. The largest absolute Gasteiger partial charge is 0.482 e. The minimum absolute atomic E-state index is 0.0592. The summed E-state index contributed by atoms with van der Waals surface area (Å²) in [6.07, 6.45) is 2.64. The molecule has 116 valence electrons. The van der Waals surface area contributed by atoms with Crippen molar-refractivity contribution in [1.29, 1.82) is 0 Å². The fourth-order valence-electron chi connectivity index (χ4n) is 2.12. The molecule has 23 heavy (non-hydrogen) atoms. The normalized spacial score (nSPS) is 13.4. The number of allylic oxidation sites excluding steroid dienone is 1. The summed E-state index contributed by atoms with van der Waals surface area (Å²) in [4.78, 5) is 23.4. The molecule has 1 aliphatic heterocycles. The molecule has 2 aromatic carbocycles. The first-order valence-electron chi connectivity index (χ1n) is 6.77. The Morgan fingerprint density at radius 3 is 2.74 bits per heavy atom. The molecule has 0 fully saturated rings. The van der Waals surface area contributed by atoms with Gasteiger partial charge in [-0.2, -0.15) is 0 Å². The van der Waals surface area contributed by atoms with Gasteiger partial charge in [0.05, 0.1) is 5.69 Å². The highest BCUT2D eigenvalue weighted by Crippen LogP contribution is 2.28. The zero-order chi connectivity index (χ0) is 16.4. The Balaban J connectivity index is 1.80. The third kappa shape index (κ3) is 3.26. The number of anilines is 1. The number of amides is 1. The van der Waals surface area contributed by atoms with Crippen LogP contribution < -0.4 is 10.1 Å². The van der Waals surface area contributed by atoms with E-state index in [0.29, 0.717) is 22.6 Å². The quantitative estimate of drug-likeness (QED) is 0.699. The van der Waals surface area contributed by atoms with Crippen LogP contribution in [0.3, 0.4) is 0 Å². The van der Waals surface area contributed by atoms with Crippen LogP contribution in [0.25, 0.3) is 6.08 Å². The van der Waals surface area contributed by atoms with Crippen LogP contribution >= 0.6 is 0 Å². The van der Waals surface area contributed by atoms with Gasteiger partial charge in [0, 0.05) is 5.56 Å².